The fraction of sp³-hybridized carbons (Fsp3) is 0.500. The smallest absolute Gasteiger partial charge is 0.336 e. The van der Waals surface area contributed by atoms with E-state index in [4.69, 9.17) is 20.0 Å². The van der Waals surface area contributed by atoms with E-state index >= 15 is 0 Å². The van der Waals surface area contributed by atoms with Gasteiger partial charge >= 0.3 is 11.9 Å². The van der Waals surface area contributed by atoms with E-state index < -0.39 is 53.4 Å². The summed E-state index contributed by atoms with van der Waals surface area (Å²) in [6.45, 7) is 6.05. The summed E-state index contributed by atoms with van der Waals surface area (Å²) >= 11 is 2.33. The quantitative estimate of drug-likeness (QED) is 0.127. The number of nitrogens with zero attached hydrogens (tertiary/aromatic N) is 7. The molecule has 3 atom stereocenters. The first kappa shape index (κ1) is 28.9. The number of hydrogen-bond donors (Lipinski definition) is 2. The van der Waals surface area contributed by atoms with Gasteiger partial charge in [0.2, 0.25) is 12.7 Å². The summed E-state index contributed by atoms with van der Waals surface area (Å²) in [6, 6.07) is -2.17. The molecule has 2 aliphatic rings. The van der Waals surface area contributed by atoms with Crippen LogP contribution in [0.4, 0.5) is 5.13 Å². The molecule has 1 fully saturated rings. The Kier molecular flexibility index (Phi) is 8.38. The molecular weight excluding hydrogens is 566 g/mol. The van der Waals surface area contributed by atoms with Crippen molar-refractivity contribution >= 4 is 57.7 Å². The molecular formula is C22H27N9O7S2. The maximum Gasteiger partial charge on any atom is 0.336 e. The van der Waals surface area contributed by atoms with Crippen LogP contribution in [0.25, 0.3) is 0 Å². The number of tetrazole rings is 1. The first-order valence-corrected chi connectivity index (χ1v) is 13.6. The first-order chi connectivity index (χ1) is 18.9. The maximum atomic E-state index is 13.3. The van der Waals surface area contributed by atoms with Crippen molar-refractivity contribution in [3.63, 3.8) is 0 Å². The van der Waals surface area contributed by atoms with Crippen molar-refractivity contribution in [2.45, 2.75) is 51.7 Å². The minimum absolute atomic E-state index is 0.0405. The average molecular weight is 594 g/mol. The Labute approximate surface area is 236 Å². The molecule has 16 nitrogen and oxygen atoms in total. The molecule has 18 heteroatoms. The number of nitrogens with two attached hydrogens (primary N) is 1. The number of β-lactam (4-membered cyclic amide) rings is 1. The zero-order valence-electron chi connectivity index (χ0n) is 22.2. The normalized spacial score (nSPS) is 20.7. The van der Waals surface area contributed by atoms with Crippen LogP contribution in [0, 0.1) is 12.3 Å². The molecule has 3 N–H and O–H groups in total. The van der Waals surface area contributed by atoms with E-state index in [0.29, 0.717) is 11.4 Å². The van der Waals surface area contributed by atoms with Crippen LogP contribution in [0.1, 0.15) is 32.3 Å². The lowest BCUT2D eigenvalue weighted by Crippen LogP contribution is -2.74. The molecule has 2 aromatic rings. The number of nitrogens with one attached hydrogen (secondary N) is 1. The number of rotatable bonds is 9. The number of thiazole rings is 1. The number of ether oxygens (including phenoxy) is 2. The van der Waals surface area contributed by atoms with Crippen molar-refractivity contribution in [1.82, 2.24) is 35.4 Å². The predicted octanol–water partition coefficient (Wildman–Crippen LogP) is -0.187. The van der Waals surface area contributed by atoms with Crippen molar-refractivity contribution in [2.75, 3.05) is 19.6 Å². The molecule has 4 rings (SSSR count). The largest absolute Gasteiger partial charge is 0.427 e. The Morgan fingerprint density at radius 2 is 2.00 bits per heavy atom. The second-order valence-corrected chi connectivity index (χ2v) is 11.5. The molecule has 0 bridgehead atoms. The Balaban J connectivity index is 1.52. The highest BCUT2D eigenvalue weighted by molar-refractivity contribution is 8.02. The monoisotopic (exact) mass is 593 g/mol. The van der Waals surface area contributed by atoms with Gasteiger partial charge in [0.15, 0.2) is 22.7 Å². The number of aryl methyl sites for hydroxylation is 1. The summed E-state index contributed by atoms with van der Waals surface area (Å²) in [5.41, 5.74) is 5.34. The standard InChI is InChI=1S/C22H27N9O7S2/c1-10-26-29-30(27-10)6-11-7-39-18-14(25-16(32)13(28-36-5)12-8-40-21(23)24-12)17(33)31(18)15(11)19(34)37-9-38-20(35)22(2,3)4/h7-8,14-15,18H,6,9H2,1-5H3,(H2,23,24)(H,25,32)/b28-13+/t14-,15-,18-/m1/s1. The van der Waals surface area contributed by atoms with Crippen molar-refractivity contribution < 1.29 is 33.5 Å². The van der Waals surface area contributed by atoms with Gasteiger partial charge in [-0.15, -0.1) is 33.3 Å². The van der Waals surface area contributed by atoms with Gasteiger partial charge in [-0.2, -0.15) is 4.80 Å². The number of nitrogen functional groups attached to an aromatic ring is 1. The average Bonchev–Trinajstić information content (AvgIpc) is 3.51. The molecule has 0 unspecified atom stereocenters. The van der Waals surface area contributed by atoms with E-state index in [1.54, 1.807) is 33.1 Å². The number of carbonyl (C=O) groups excluding carboxylic acids is 4. The summed E-state index contributed by atoms with van der Waals surface area (Å²) in [7, 11) is 1.27. The molecule has 2 amide bonds. The van der Waals surface area contributed by atoms with E-state index in [-0.39, 0.29) is 23.1 Å². The van der Waals surface area contributed by atoms with Crippen molar-refractivity contribution in [2.24, 2.45) is 10.6 Å². The number of hydrogen-bond acceptors (Lipinski definition) is 15. The third-order valence-corrected chi connectivity index (χ3v) is 7.51. The lowest BCUT2D eigenvalue weighted by atomic mass is 9.97. The predicted molar refractivity (Wildman–Crippen MR) is 141 cm³/mol. The molecule has 2 aliphatic heterocycles. The third-order valence-electron chi connectivity index (χ3n) is 5.62. The van der Waals surface area contributed by atoms with Gasteiger partial charge < -0.3 is 30.3 Å². The van der Waals surface area contributed by atoms with Crippen molar-refractivity contribution in [1.29, 1.82) is 0 Å². The van der Waals surface area contributed by atoms with Crippen LogP contribution in [-0.4, -0.2) is 90.9 Å². The lowest BCUT2D eigenvalue weighted by Gasteiger charge is -2.51. The highest BCUT2D eigenvalue weighted by Gasteiger charge is 2.56. The van der Waals surface area contributed by atoms with Gasteiger partial charge in [-0.1, -0.05) is 5.16 Å². The molecule has 2 aromatic heterocycles. The highest BCUT2D eigenvalue weighted by Crippen LogP contribution is 2.40. The number of amides is 2. The van der Waals surface area contributed by atoms with Crippen LogP contribution < -0.4 is 11.1 Å². The number of carbonyl (C=O) groups is 4. The van der Waals surface area contributed by atoms with Gasteiger partial charge in [-0.25, -0.2) is 9.78 Å². The van der Waals surface area contributed by atoms with Crippen LogP contribution in [0.2, 0.25) is 0 Å². The van der Waals surface area contributed by atoms with Gasteiger partial charge in [-0.3, -0.25) is 14.4 Å². The van der Waals surface area contributed by atoms with Gasteiger partial charge in [0.25, 0.3) is 5.91 Å². The van der Waals surface area contributed by atoms with Crippen LogP contribution in [-0.2, 0) is 40.0 Å². The highest BCUT2D eigenvalue weighted by atomic mass is 32.2. The van der Waals surface area contributed by atoms with E-state index in [2.05, 4.69) is 30.9 Å². The Hall–Kier alpha value is -4.06. The summed E-state index contributed by atoms with van der Waals surface area (Å²) in [5, 5.41) is 21.0. The second-order valence-electron chi connectivity index (χ2n) is 9.64. The van der Waals surface area contributed by atoms with Gasteiger partial charge in [0.1, 0.15) is 24.2 Å². The van der Waals surface area contributed by atoms with Crippen molar-refractivity contribution in [3.05, 3.63) is 27.9 Å². The summed E-state index contributed by atoms with van der Waals surface area (Å²) < 4.78 is 10.3. The SMILES string of the molecule is CO/N=C(/C(=O)N[C@@H]1C(=O)N2[C@@H](C(=O)OCOC(=O)C(C)(C)C)C(Cn3nnc(C)n3)=CS[C@H]12)c1csc(N)n1. The second kappa shape index (κ2) is 11.6. The summed E-state index contributed by atoms with van der Waals surface area (Å²) in [5.74, 6) is -2.21. The Morgan fingerprint density at radius 1 is 1.25 bits per heavy atom. The third kappa shape index (κ3) is 6.06. The van der Waals surface area contributed by atoms with Gasteiger partial charge in [0.05, 0.1) is 12.0 Å². The first-order valence-electron chi connectivity index (χ1n) is 11.8. The zero-order valence-corrected chi connectivity index (χ0v) is 23.8. The molecule has 1 saturated heterocycles. The van der Waals surface area contributed by atoms with Crippen LogP contribution >= 0.6 is 23.1 Å². The number of esters is 2. The molecule has 0 spiro atoms. The fourth-order valence-corrected chi connectivity index (χ4v) is 5.48. The molecule has 0 radical (unpaired) electrons. The van der Waals surface area contributed by atoms with E-state index in [1.807, 2.05) is 0 Å². The number of oxime groups is 1. The lowest BCUT2D eigenvalue weighted by molar-refractivity contribution is -0.179. The molecule has 0 saturated carbocycles. The fourth-order valence-electron chi connectivity index (χ4n) is 3.72. The van der Waals surface area contributed by atoms with Crippen LogP contribution in [0.3, 0.4) is 0 Å². The summed E-state index contributed by atoms with van der Waals surface area (Å²) in [6.07, 6.45) is 0. The Bertz CT molecular complexity index is 1380. The van der Waals surface area contributed by atoms with Crippen LogP contribution in [0.5, 0.6) is 0 Å². The van der Waals surface area contributed by atoms with E-state index in [1.165, 1.54) is 33.9 Å². The van der Waals surface area contributed by atoms with E-state index in [9.17, 15) is 19.2 Å². The minimum Gasteiger partial charge on any atom is -0.427 e. The number of thioether (sulfide) groups is 1. The topological polar surface area (TPSA) is 206 Å². The number of fused-ring (bicyclic) bond motifs is 1. The number of anilines is 1. The van der Waals surface area contributed by atoms with E-state index in [0.717, 1.165) is 11.3 Å². The van der Waals surface area contributed by atoms with Gasteiger partial charge in [-0.05, 0) is 43.9 Å². The molecule has 40 heavy (non-hydrogen) atoms. The maximum absolute atomic E-state index is 13.3. The number of aromatic nitrogens is 5. The van der Waals surface area contributed by atoms with Crippen molar-refractivity contribution in [3.8, 4) is 0 Å². The molecule has 0 aliphatic carbocycles. The van der Waals surface area contributed by atoms with Gasteiger partial charge in [0, 0.05) is 5.38 Å². The van der Waals surface area contributed by atoms with Crippen LogP contribution in [0.15, 0.2) is 21.5 Å². The summed E-state index contributed by atoms with van der Waals surface area (Å²) in [4.78, 5) is 63.0. The Morgan fingerprint density at radius 3 is 2.60 bits per heavy atom. The minimum atomic E-state index is -1.18. The zero-order chi connectivity index (χ0) is 29.2. The molecule has 0 aromatic carbocycles. The molecule has 4 heterocycles. The molecule has 214 valence electrons.